The van der Waals surface area contributed by atoms with Crippen LogP contribution in [0.25, 0.3) is 11.0 Å². The van der Waals surface area contributed by atoms with E-state index in [1.165, 1.54) is 0 Å². The van der Waals surface area contributed by atoms with Crippen LogP contribution in [0.5, 0.6) is 0 Å². The molecule has 8 nitrogen and oxygen atoms in total. The van der Waals surface area contributed by atoms with Crippen molar-refractivity contribution in [1.29, 1.82) is 5.26 Å². The minimum Gasteiger partial charge on any atom is -0.351 e. The Balaban J connectivity index is 1.67. The lowest BCUT2D eigenvalue weighted by Gasteiger charge is -2.35. The van der Waals surface area contributed by atoms with Gasteiger partial charge in [-0.3, -0.25) is 0 Å². The molecule has 2 aliphatic heterocycles. The Bertz CT molecular complexity index is 874. The van der Waals surface area contributed by atoms with Gasteiger partial charge in [-0.15, -0.1) is 0 Å². The standard InChI is InChI=1S/C18H23N7O/c1-2-20-18(26)24-9-7-23(8-10-24)17-16-15(21-12-22-17)13(11-19)14-5-3-4-6-25(14)16/h12H,2-10H2,1H3,(H,20,26). The number of aryl methyl sites for hydroxylation is 1. The summed E-state index contributed by atoms with van der Waals surface area (Å²) in [5.74, 6) is 0.884. The third kappa shape index (κ3) is 2.64. The maximum absolute atomic E-state index is 12.0. The number of carbonyl (C=O) groups excluding carboxylic acids is 1. The van der Waals surface area contributed by atoms with Gasteiger partial charge in [-0.2, -0.15) is 5.26 Å². The molecular formula is C18H23N7O. The molecule has 0 unspecified atom stereocenters. The molecule has 4 rings (SSSR count). The molecule has 1 N–H and O–H groups in total. The van der Waals surface area contributed by atoms with Crippen LogP contribution in [0.3, 0.4) is 0 Å². The van der Waals surface area contributed by atoms with E-state index in [-0.39, 0.29) is 6.03 Å². The van der Waals surface area contributed by atoms with Gasteiger partial charge in [0.1, 0.15) is 23.4 Å². The Morgan fingerprint density at radius 1 is 1.23 bits per heavy atom. The minimum absolute atomic E-state index is 0.00758. The highest BCUT2D eigenvalue weighted by atomic mass is 16.2. The number of urea groups is 1. The number of rotatable bonds is 2. The molecule has 8 heteroatoms. The van der Waals surface area contributed by atoms with Crippen molar-refractivity contribution in [2.24, 2.45) is 0 Å². The Hall–Kier alpha value is -2.82. The lowest BCUT2D eigenvalue weighted by Crippen LogP contribution is -2.52. The topological polar surface area (TPSA) is 90.1 Å². The van der Waals surface area contributed by atoms with Crippen LogP contribution in [0.2, 0.25) is 0 Å². The summed E-state index contributed by atoms with van der Waals surface area (Å²) in [6.45, 7) is 6.25. The number of hydrogen-bond acceptors (Lipinski definition) is 5. The molecule has 4 heterocycles. The average molecular weight is 353 g/mol. The van der Waals surface area contributed by atoms with Crippen molar-refractivity contribution < 1.29 is 4.79 Å². The van der Waals surface area contributed by atoms with E-state index in [2.05, 4.69) is 30.8 Å². The molecule has 0 radical (unpaired) electrons. The number of fused-ring (bicyclic) bond motifs is 3. The fourth-order valence-corrected chi connectivity index (χ4v) is 4.01. The maximum Gasteiger partial charge on any atom is 0.317 e. The quantitative estimate of drug-likeness (QED) is 0.883. The first kappa shape index (κ1) is 16.6. The third-order valence-electron chi connectivity index (χ3n) is 5.28. The Morgan fingerprint density at radius 3 is 2.77 bits per heavy atom. The molecule has 0 aromatic carbocycles. The SMILES string of the molecule is CCNC(=O)N1CCN(c2ncnc3c(C#N)c4n(c23)CCCC4)CC1. The van der Waals surface area contributed by atoms with Gasteiger partial charge in [-0.05, 0) is 26.2 Å². The highest BCUT2D eigenvalue weighted by molar-refractivity contribution is 5.92. The molecule has 2 aromatic heterocycles. The van der Waals surface area contributed by atoms with Crippen LogP contribution < -0.4 is 10.2 Å². The maximum atomic E-state index is 12.0. The highest BCUT2D eigenvalue weighted by Crippen LogP contribution is 2.33. The van der Waals surface area contributed by atoms with Crippen molar-refractivity contribution in [3.8, 4) is 6.07 Å². The van der Waals surface area contributed by atoms with Crippen LogP contribution in [-0.4, -0.2) is 58.2 Å². The number of amides is 2. The predicted molar refractivity (Wildman–Crippen MR) is 98.0 cm³/mol. The lowest BCUT2D eigenvalue weighted by atomic mass is 10.1. The molecule has 2 amide bonds. The van der Waals surface area contributed by atoms with Crippen molar-refractivity contribution in [3.05, 3.63) is 17.6 Å². The summed E-state index contributed by atoms with van der Waals surface area (Å²) in [7, 11) is 0. The number of carbonyl (C=O) groups is 1. The molecule has 0 bridgehead atoms. The van der Waals surface area contributed by atoms with Crippen LogP contribution >= 0.6 is 0 Å². The molecule has 136 valence electrons. The van der Waals surface area contributed by atoms with Gasteiger partial charge in [0.25, 0.3) is 0 Å². The number of piperazine rings is 1. The monoisotopic (exact) mass is 353 g/mol. The van der Waals surface area contributed by atoms with Crippen molar-refractivity contribution in [1.82, 2.24) is 24.8 Å². The number of hydrogen-bond donors (Lipinski definition) is 1. The molecule has 2 aliphatic rings. The van der Waals surface area contributed by atoms with E-state index < -0.39 is 0 Å². The van der Waals surface area contributed by atoms with E-state index in [1.807, 2.05) is 11.8 Å². The van der Waals surface area contributed by atoms with E-state index in [9.17, 15) is 10.1 Å². The average Bonchev–Trinajstić information content (AvgIpc) is 3.02. The van der Waals surface area contributed by atoms with Crippen molar-refractivity contribution in [3.63, 3.8) is 0 Å². The first-order valence-electron chi connectivity index (χ1n) is 9.28. The van der Waals surface area contributed by atoms with Gasteiger partial charge in [0.15, 0.2) is 5.82 Å². The zero-order valence-electron chi connectivity index (χ0n) is 15.0. The van der Waals surface area contributed by atoms with E-state index in [0.717, 1.165) is 61.4 Å². The fraction of sp³-hybridized carbons (Fsp3) is 0.556. The van der Waals surface area contributed by atoms with Crippen LogP contribution in [0, 0.1) is 11.3 Å². The number of nitrogens with zero attached hydrogens (tertiary/aromatic N) is 6. The molecule has 1 fully saturated rings. The Labute approximate surface area is 152 Å². The van der Waals surface area contributed by atoms with Crippen LogP contribution in [0.1, 0.15) is 31.0 Å². The zero-order chi connectivity index (χ0) is 18.1. The van der Waals surface area contributed by atoms with Gasteiger partial charge in [0, 0.05) is 45.0 Å². The summed E-state index contributed by atoms with van der Waals surface area (Å²) in [5, 5.41) is 12.5. The third-order valence-corrected chi connectivity index (χ3v) is 5.28. The van der Waals surface area contributed by atoms with Gasteiger partial charge in [-0.1, -0.05) is 0 Å². The van der Waals surface area contributed by atoms with Crippen molar-refractivity contribution >= 4 is 22.9 Å². The Morgan fingerprint density at radius 2 is 2.04 bits per heavy atom. The lowest BCUT2D eigenvalue weighted by molar-refractivity contribution is 0.195. The van der Waals surface area contributed by atoms with E-state index in [4.69, 9.17) is 0 Å². The second-order valence-corrected chi connectivity index (χ2v) is 6.75. The summed E-state index contributed by atoms with van der Waals surface area (Å²) in [4.78, 5) is 25.1. The van der Waals surface area contributed by atoms with Gasteiger partial charge in [0.05, 0.1) is 5.56 Å². The Kier molecular flexibility index (Phi) is 4.37. The number of nitriles is 1. The summed E-state index contributed by atoms with van der Waals surface area (Å²) in [6.07, 6.45) is 4.70. The van der Waals surface area contributed by atoms with E-state index >= 15 is 0 Å². The first-order chi connectivity index (χ1) is 12.7. The molecule has 0 aliphatic carbocycles. The molecule has 1 saturated heterocycles. The number of anilines is 1. The molecule has 0 saturated carbocycles. The molecule has 26 heavy (non-hydrogen) atoms. The largest absolute Gasteiger partial charge is 0.351 e. The summed E-state index contributed by atoms with van der Waals surface area (Å²) in [6, 6.07) is 2.35. The van der Waals surface area contributed by atoms with Crippen molar-refractivity contribution in [2.75, 3.05) is 37.6 Å². The summed E-state index contributed by atoms with van der Waals surface area (Å²) < 4.78 is 2.24. The smallest absolute Gasteiger partial charge is 0.317 e. The van der Waals surface area contributed by atoms with Crippen LogP contribution in [-0.2, 0) is 13.0 Å². The first-order valence-corrected chi connectivity index (χ1v) is 9.28. The van der Waals surface area contributed by atoms with Gasteiger partial charge in [-0.25, -0.2) is 14.8 Å². The van der Waals surface area contributed by atoms with Gasteiger partial charge < -0.3 is 19.7 Å². The molecule has 0 atom stereocenters. The van der Waals surface area contributed by atoms with Crippen molar-refractivity contribution in [2.45, 2.75) is 32.7 Å². The zero-order valence-corrected chi connectivity index (χ0v) is 15.0. The van der Waals surface area contributed by atoms with E-state index in [1.54, 1.807) is 6.33 Å². The second kappa shape index (κ2) is 6.83. The number of nitrogens with one attached hydrogen (secondary N) is 1. The second-order valence-electron chi connectivity index (χ2n) is 6.75. The molecule has 2 aromatic rings. The predicted octanol–water partition coefficient (Wildman–Crippen LogP) is 1.49. The molecule has 0 spiro atoms. The minimum atomic E-state index is -0.00758. The fourth-order valence-electron chi connectivity index (χ4n) is 4.01. The highest BCUT2D eigenvalue weighted by Gasteiger charge is 2.28. The van der Waals surface area contributed by atoms with E-state index in [0.29, 0.717) is 25.2 Å². The van der Waals surface area contributed by atoms with Crippen LogP contribution in [0.4, 0.5) is 10.6 Å². The summed E-state index contributed by atoms with van der Waals surface area (Å²) >= 11 is 0. The number of aromatic nitrogens is 3. The van der Waals surface area contributed by atoms with Gasteiger partial charge in [0.2, 0.25) is 0 Å². The molecular weight excluding hydrogens is 330 g/mol. The van der Waals surface area contributed by atoms with Crippen LogP contribution in [0.15, 0.2) is 6.33 Å². The normalized spacial score (nSPS) is 17.1. The summed E-state index contributed by atoms with van der Waals surface area (Å²) in [5.41, 5.74) is 3.53. The van der Waals surface area contributed by atoms with Gasteiger partial charge >= 0.3 is 6.03 Å².